The zero-order chi connectivity index (χ0) is 13.7. The molecule has 0 saturated carbocycles. The average Bonchev–Trinajstić information content (AvgIpc) is 2.82. The van der Waals surface area contributed by atoms with Crippen LogP contribution in [0.3, 0.4) is 0 Å². The lowest BCUT2D eigenvalue weighted by Crippen LogP contribution is -2.34. The van der Waals surface area contributed by atoms with Gasteiger partial charge in [-0.1, -0.05) is 18.2 Å². The summed E-state index contributed by atoms with van der Waals surface area (Å²) >= 11 is 1.74. The van der Waals surface area contributed by atoms with Crippen LogP contribution in [0.25, 0.3) is 0 Å². The molecule has 0 bridgehead atoms. The van der Waals surface area contributed by atoms with E-state index in [2.05, 4.69) is 60.4 Å². The molecular weight excluding hydrogens is 254 g/mol. The molecule has 2 aromatic rings. The molecule has 1 aromatic heterocycles. The Labute approximate surface area is 119 Å². The van der Waals surface area contributed by atoms with E-state index in [4.69, 9.17) is 0 Å². The number of rotatable bonds is 6. The van der Waals surface area contributed by atoms with Crippen molar-refractivity contribution in [3.63, 3.8) is 0 Å². The van der Waals surface area contributed by atoms with Crippen LogP contribution < -0.4 is 5.32 Å². The van der Waals surface area contributed by atoms with E-state index < -0.39 is 0 Å². The number of para-hydroxylation sites is 1. The quantitative estimate of drug-likeness (QED) is 0.876. The van der Waals surface area contributed by atoms with Gasteiger partial charge in [0.15, 0.2) is 0 Å². The van der Waals surface area contributed by atoms with E-state index in [9.17, 15) is 0 Å². The van der Waals surface area contributed by atoms with E-state index >= 15 is 0 Å². The van der Waals surface area contributed by atoms with Crippen molar-refractivity contribution < 1.29 is 0 Å². The molecule has 0 aliphatic carbocycles. The maximum absolute atomic E-state index is 4.30. The first-order valence-electron chi connectivity index (χ1n) is 6.55. The Bertz CT molecular complexity index is 495. The van der Waals surface area contributed by atoms with Crippen LogP contribution in [0.4, 0.5) is 5.69 Å². The minimum absolute atomic E-state index is 0.474. The predicted octanol–water partition coefficient (Wildman–Crippen LogP) is 3.38. The lowest BCUT2D eigenvalue weighted by Gasteiger charge is -2.25. The Balaban J connectivity index is 1.83. The number of aryl methyl sites for hydroxylation is 1. The molecule has 1 atom stereocenters. The van der Waals surface area contributed by atoms with Gasteiger partial charge in [-0.25, -0.2) is 4.98 Å². The van der Waals surface area contributed by atoms with Crippen LogP contribution in [0.5, 0.6) is 0 Å². The fourth-order valence-electron chi connectivity index (χ4n) is 1.84. The van der Waals surface area contributed by atoms with Gasteiger partial charge in [0.1, 0.15) is 0 Å². The van der Waals surface area contributed by atoms with Crippen LogP contribution in [0, 0.1) is 6.92 Å². The van der Waals surface area contributed by atoms with Crippen LogP contribution >= 0.6 is 11.3 Å². The maximum Gasteiger partial charge on any atom is 0.0798 e. The summed E-state index contributed by atoms with van der Waals surface area (Å²) in [6.07, 6.45) is 0. The van der Waals surface area contributed by atoms with E-state index in [1.807, 2.05) is 11.6 Å². The molecular formula is C15H21N3S. The summed E-state index contributed by atoms with van der Waals surface area (Å²) in [5.74, 6) is 0. The first-order chi connectivity index (χ1) is 9.16. The highest BCUT2D eigenvalue weighted by atomic mass is 32.1. The van der Waals surface area contributed by atoms with Crippen LogP contribution in [0.15, 0.2) is 35.8 Å². The fraction of sp³-hybridized carbons (Fsp3) is 0.400. The molecule has 0 spiro atoms. The molecule has 0 radical (unpaired) electrons. The third kappa shape index (κ3) is 4.04. The summed E-state index contributed by atoms with van der Waals surface area (Å²) in [4.78, 5) is 8.01. The SMILES string of the molecule is Cc1ncsc1CN(C)C(C)CNc1ccccc1. The molecule has 0 aliphatic rings. The van der Waals surface area contributed by atoms with Crippen LogP contribution in [0.2, 0.25) is 0 Å². The van der Waals surface area contributed by atoms with E-state index in [1.165, 1.54) is 10.6 Å². The van der Waals surface area contributed by atoms with Crippen LogP contribution in [0.1, 0.15) is 17.5 Å². The summed E-state index contributed by atoms with van der Waals surface area (Å²) in [6.45, 7) is 6.23. The molecule has 2 rings (SSSR count). The smallest absolute Gasteiger partial charge is 0.0798 e. The maximum atomic E-state index is 4.30. The van der Waals surface area contributed by atoms with Crippen LogP contribution in [-0.4, -0.2) is 29.5 Å². The van der Waals surface area contributed by atoms with Gasteiger partial charge < -0.3 is 5.32 Å². The molecule has 4 heteroatoms. The summed E-state index contributed by atoms with van der Waals surface area (Å²) < 4.78 is 0. The van der Waals surface area contributed by atoms with Crippen molar-refractivity contribution in [1.29, 1.82) is 0 Å². The zero-order valence-electron chi connectivity index (χ0n) is 11.8. The Kier molecular flexibility index (Phi) is 4.93. The molecule has 0 saturated heterocycles. The van der Waals surface area contributed by atoms with Crippen molar-refractivity contribution in [1.82, 2.24) is 9.88 Å². The van der Waals surface area contributed by atoms with Gasteiger partial charge in [-0.3, -0.25) is 4.90 Å². The first-order valence-corrected chi connectivity index (χ1v) is 7.43. The zero-order valence-corrected chi connectivity index (χ0v) is 12.6. The van der Waals surface area contributed by atoms with E-state index in [1.54, 1.807) is 11.3 Å². The van der Waals surface area contributed by atoms with Crippen molar-refractivity contribution in [3.8, 4) is 0 Å². The topological polar surface area (TPSA) is 28.2 Å². The summed E-state index contributed by atoms with van der Waals surface area (Å²) in [5, 5.41) is 3.47. The lowest BCUT2D eigenvalue weighted by molar-refractivity contribution is 0.260. The van der Waals surface area contributed by atoms with Gasteiger partial charge >= 0.3 is 0 Å². The number of nitrogens with zero attached hydrogens (tertiary/aromatic N) is 2. The third-order valence-corrected chi connectivity index (χ3v) is 4.29. The number of likely N-dealkylation sites (N-methyl/N-ethyl adjacent to an activating group) is 1. The molecule has 0 amide bonds. The number of anilines is 1. The number of hydrogen-bond acceptors (Lipinski definition) is 4. The number of nitrogens with one attached hydrogen (secondary N) is 1. The first kappa shape index (κ1) is 14.0. The van der Waals surface area contributed by atoms with Gasteiger partial charge in [0.05, 0.1) is 11.2 Å². The second kappa shape index (κ2) is 6.68. The molecule has 0 aliphatic heterocycles. The molecule has 19 heavy (non-hydrogen) atoms. The minimum Gasteiger partial charge on any atom is -0.383 e. The number of thiazole rings is 1. The normalized spacial score (nSPS) is 12.6. The van der Waals surface area contributed by atoms with E-state index in [-0.39, 0.29) is 0 Å². The third-order valence-electron chi connectivity index (χ3n) is 3.37. The van der Waals surface area contributed by atoms with Gasteiger partial charge in [0.25, 0.3) is 0 Å². The number of hydrogen-bond donors (Lipinski definition) is 1. The molecule has 0 fully saturated rings. The highest BCUT2D eigenvalue weighted by molar-refractivity contribution is 7.09. The molecule has 1 aromatic carbocycles. The highest BCUT2D eigenvalue weighted by Gasteiger charge is 2.11. The van der Waals surface area contributed by atoms with Gasteiger partial charge in [-0.15, -0.1) is 11.3 Å². The second-order valence-corrected chi connectivity index (χ2v) is 5.81. The second-order valence-electron chi connectivity index (χ2n) is 4.87. The van der Waals surface area contributed by atoms with Crippen molar-refractivity contribution in [2.24, 2.45) is 0 Å². The number of aromatic nitrogens is 1. The summed E-state index contributed by atoms with van der Waals surface area (Å²) in [7, 11) is 2.16. The number of benzene rings is 1. The Hall–Kier alpha value is -1.39. The average molecular weight is 275 g/mol. The molecule has 1 heterocycles. The largest absolute Gasteiger partial charge is 0.383 e. The summed E-state index contributed by atoms with van der Waals surface area (Å²) in [5.41, 5.74) is 4.25. The molecule has 1 unspecified atom stereocenters. The highest BCUT2D eigenvalue weighted by Crippen LogP contribution is 2.15. The Morgan fingerprint density at radius 3 is 2.68 bits per heavy atom. The van der Waals surface area contributed by atoms with Crippen molar-refractivity contribution in [2.45, 2.75) is 26.4 Å². The minimum atomic E-state index is 0.474. The van der Waals surface area contributed by atoms with E-state index in [0.717, 1.165) is 18.8 Å². The standard InChI is InChI=1S/C15H21N3S/c1-12(9-16-14-7-5-4-6-8-14)18(3)10-15-13(2)17-11-19-15/h4-8,11-12,16H,9-10H2,1-3H3. The van der Waals surface area contributed by atoms with Gasteiger partial charge in [-0.2, -0.15) is 0 Å². The van der Waals surface area contributed by atoms with Crippen molar-refractivity contribution in [3.05, 3.63) is 46.4 Å². The monoisotopic (exact) mass is 275 g/mol. The lowest BCUT2D eigenvalue weighted by atomic mass is 10.2. The molecule has 102 valence electrons. The van der Waals surface area contributed by atoms with Crippen LogP contribution in [-0.2, 0) is 6.54 Å². The van der Waals surface area contributed by atoms with Gasteiger partial charge in [0, 0.05) is 29.7 Å². The van der Waals surface area contributed by atoms with Crippen molar-refractivity contribution in [2.75, 3.05) is 18.9 Å². The van der Waals surface area contributed by atoms with Gasteiger partial charge in [0.2, 0.25) is 0 Å². The molecule has 3 nitrogen and oxygen atoms in total. The fourth-order valence-corrected chi connectivity index (χ4v) is 2.68. The summed E-state index contributed by atoms with van der Waals surface area (Å²) in [6, 6.07) is 10.8. The van der Waals surface area contributed by atoms with Gasteiger partial charge in [-0.05, 0) is 33.0 Å². The Morgan fingerprint density at radius 2 is 2.05 bits per heavy atom. The van der Waals surface area contributed by atoms with E-state index in [0.29, 0.717) is 6.04 Å². The Morgan fingerprint density at radius 1 is 1.32 bits per heavy atom. The van der Waals surface area contributed by atoms with Crippen molar-refractivity contribution >= 4 is 17.0 Å². The molecule has 1 N–H and O–H groups in total. The predicted molar refractivity (Wildman–Crippen MR) is 82.7 cm³/mol.